The molecule has 0 aliphatic carbocycles. The Labute approximate surface area is 116 Å². The van der Waals surface area contributed by atoms with Crippen LogP contribution in [-0.2, 0) is 0 Å². The quantitative estimate of drug-likeness (QED) is 0.708. The molecule has 0 aromatic heterocycles. The van der Waals surface area contributed by atoms with Gasteiger partial charge < -0.3 is 0 Å². The van der Waals surface area contributed by atoms with Gasteiger partial charge in [-0.3, -0.25) is 4.79 Å². The molecule has 0 N–H and O–H groups in total. The lowest BCUT2D eigenvalue weighted by molar-refractivity contribution is 0.0925. The zero-order valence-corrected chi connectivity index (χ0v) is 12.3. The maximum Gasteiger partial charge on any atom is 0.166 e. The van der Waals surface area contributed by atoms with Gasteiger partial charge in [0, 0.05) is 16.0 Å². The third-order valence-corrected chi connectivity index (χ3v) is 4.00. The van der Waals surface area contributed by atoms with E-state index in [4.69, 9.17) is 0 Å². The summed E-state index contributed by atoms with van der Waals surface area (Å²) in [4.78, 5) is 12.4. The Bertz CT molecular complexity index is 574. The van der Waals surface area contributed by atoms with Gasteiger partial charge in [-0.15, -0.1) is 0 Å². The second-order valence-electron chi connectivity index (χ2n) is 4.69. The molecule has 0 saturated carbocycles. The minimum Gasteiger partial charge on any atom is -0.294 e. The summed E-state index contributed by atoms with van der Waals surface area (Å²) in [5.41, 5.74) is 0.842. The molecule has 0 amide bonds. The number of ketones is 1. The summed E-state index contributed by atoms with van der Waals surface area (Å²) in [6, 6.07) is 11.9. The van der Waals surface area contributed by atoms with E-state index in [1.807, 2.05) is 43.3 Å². The highest BCUT2D eigenvalue weighted by atomic mass is 79.9. The lowest BCUT2D eigenvalue weighted by Gasteiger charge is -2.12. The van der Waals surface area contributed by atoms with Crippen molar-refractivity contribution in [2.24, 2.45) is 5.92 Å². The van der Waals surface area contributed by atoms with Crippen molar-refractivity contribution in [3.63, 3.8) is 0 Å². The number of halogens is 1. The second kappa shape index (κ2) is 5.66. The maximum atomic E-state index is 12.4. The van der Waals surface area contributed by atoms with Crippen molar-refractivity contribution in [1.82, 2.24) is 0 Å². The first-order chi connectivity index (χ1) is 8.65. The summed E-state index contributed by atoms with van der Waals surface area (Å²) in [6.07, 6.45) is 1.99. The van der Waals surface area contributed by atoms with Crippen LogP contribution in [0.2, 0.25) is 0 Å². The molecule has 1 atom stereocenters. The molecule has 1 nitrogen and oxygen atoms in total. The van der Waals surface area contributed by atoms with Crippen LogP contribution in [0.1, 0.15) is 37.0 Å². The molecule has 1 unspecified atom stereocenters. The number of carbonyl (C=O) groups is 1. The maximum absolute atomic E-state index is 12.4. The first kappa shape index (κ1) is 13.3. The number of Topliss-reactive ketones (excluding diaryl/α,β-unsaturated/α-hetero) is 1. The molecule has 0 heterocycles. The van der Waals surface area contributed by atoms with Crippen molar-refractivity contribution >= 4 is 32.5 Å². The number of hydrogen-bond donors (Lipinski definition) is 0. The summed E-state index contributed by atoms with van der Waals surface area (Å²) in [5.74, 6) is 0.347. The van der Waals surface area contributed by atoms with Crippen LogP contribution in [0.5, 0.6) is 0 Å². The Balaban J connectivity index is 2.52. The van der Waals surface area contributed by atoms with Crippen LogP contribution in [0.25, 0.3) is 10.8 Å². The Morgan fingerprint density at radius 3 is 2.50 bits per heavy atom. The van der Waals surface area contributed by atoms with E-state index in [0.29, 0.717) is 0 Å². The minimum atomic E-state index is 0.0968. The summed E-state index contributed by atoms with van der Waals surface area (Å²) in [6.45, 7) is 4.13. The molecule has 94 valence electrons. The van der Waals surface area contributed by atoms with E-state index in [-0.39, 0.29) is 11.7 Å². The van der Waals surface area contributed by atoms with E-state index in [0.717, 1.165) is 33.7 Å². The Kier molecular flexibility index (Phi) is 4.18. The predicted octanol–water partition coefficient (Wildman–Crippen LogP) is 5.22. The minimum absolute atomic E-state index is 0.0968. The lowest BCUT2D eigenvalue weighted by Crippen LogP contribution is -2.11. The van der Waals surface area contributed by atoms with Crippen molar-refractivity contribution in [3.05, 3.63) is 46.4 Å². The van der Waals surface area contributed by atoms with Crippen LogP contribution in [-0.4, -0.2) is 5.78 Å². The zero-order valence-electron chi connectivity index (χ0n) is 10.7. The van der Waals surface area contributed by atoms with Crippen molar-refractivity contribution in [2.45, 2.75) is 26.7 Å². The van der Waals surface area contributed by atoms with Crippen molar-refractivity contribution < 1.29 is 4.79 Å². The Morgan fingerprint density at radius 2 is 1.83 bits per heavy atom. The molecule has 0 aliphatic rings. The first-order valence-corrected chi connectivity index (χ1v) is 7.16. The van der Waals surface area contributed by atoms with Gasteiger partial charge in [-0.2, -0.15) is 0 Å². The largest absolute Gasteiger partial charge is 0.294 e. The van der Waals surface area contributed by atoms with Gasteiger partial charge in [0.15, 0.2) is 5.78 Å². The molecule has 0 saturated heterocycles. The van der Waals surface area contributed by atoms with Crippen LogP contribution >= 0.6 is 15.9 Å². The van der Waals surface area contributed by atoms with Crippen LogP contribution in [0.4, 0.5) is 0 Å². The highest BCUT2D eigenvalue weighted by Gasteiger charge is 2.17. The summed E-state index contributed by atoms with van der Waals surface area (Å²) >= 11 is 3.54. The molecule has 2 aromatic rings. The topological polar surface area (TPSA) is 17.1 Å². The number of benzene rings is 2. The smallest absolute Gasteiger partial charge is 0.166 e. The molecular weight excluding hydrogens is 288 g/mol. The van der Waals surface area contributed by atoms with Gasteiger partial charge in [-0.25, -0.2) is 0 Å². The Hall–Kier alpha value is -1.15. The van der Waals surface area contributed by atoms with E-state index >= 15 is 0 Å². The molecule has 0 bridgehead atoms. The fourth-order valence-electron chi connectivity index (χ4n) is 2.31. The van der Waals surface area contributed by atoms with E-state index < -0.39 is 0 Å². The lowest BCUT2D eigenvalue weighted by atomic mass is 9.92. The summed E-state index contributed by atoms with van der Waals surface area (Å²) in [5, 5.41) is 2.15. The Morgan fingerprint density at radius 1 is 1.17 bits per heavy atom. The van der Waals surface area contributed by atoms with Crippen LogP contribution < -0.4 is 0 Å². The highest BCUT2D eigenvalue weighted by molar-refractivity contribution is 9.10. The molecule has 0 aliphatic heterocycles. The molecule has 2 heteroatoms. The number of carbonyl (C=O) groups excluding carboxylic acids is 1. The molecule has 0 spiro atoms. The zero-order chi connectivity index (χ0) is 13.1. The fraction of sp³-hybridized carbons (Fsp3) is 0.312. The molecule has 0 radical (unpaired) electrons. The number of hydrogen-bond acceptors (Lipinski definition) is 1. The van der Waals surface area contributed by atoms with Crippen LogP contribution in [0, 0.1) is 5.92 Å². The van der Waals surface area contributed by atoms with Crippen molar-refractivity contribution in [3.8, 4) is 0 Å². The van der Waals surface area contributed by atoms with Crippen LogP contribution in [0.15, 0.2) is 40.9 Å². The van der Waals surface area contributed by atoms with Crippen molar-refractivity contribution in [2.75, 3.05) is 0 Å². The van der Waals surface area contributed by atoms with E-state index in [9.17, 15) is 4.79 Å². The van der Waals surface area contributed by atoms with Gasteiger partial charge in [-0.05, 0) is 29.3 Å². The third kappa shape index (κ3) is 2.49. The number of fused-ring (bicyclic) bond motifs is 1. The van der Waals surface area contributed by atoms with Gasteiger partial charge in [-0.1, -0.05) is 60.5 Å². The van der Waals surface area contributed by atoms with Crippen molar-refractivity contribution in [1.29, 1.82) is 0 Å². The molecule has 18 heavy (non-hydrogen) atoms. The molecular formula is C16H17BrO. The average Bonchev–Trinajstić information content (AvgIpc) is 2.39. The van der Waals surface area contributed by atoms with Crippen LogP contribution in [0.3, 0.4) is 0 Å². The monoisotopic (exact) mass is 304 g/mol. The van der Waals surface area contributed by atoms with Gasteiger partial charge in [0.2, 0.25) is 0 Å². The first-order valence-electron chi connectivity index (χ1n) is 6.36. The molecule has 2 aromatic carbocycles. The summed E-state index contributed by atoms with van der Waals surface area (Å²) < 4.78 is 1.04. The highest BCUT2D eigenvalue weighted by Crippen LogP contribution is 2.28. The molecule has 2 rings (SSSR count). The van der Waals surface area contributed by atoms with Gasteiger partial charge >= 0.3 is 0 Å². The van der Waals surface area contributed by atoms with Gasteiger partial charge in [0.05, 0.1) is 0 Å². The standard InChI is InChI=1S/C16H17BrO/c1-3-6-11(2)16(18)14-9-10-15(17)13-8-5-4-7-12(13)14/h4-5,7-11H,3,6H2,1-2H3. The van der Waals surface area contributed by atoms with Gasteiger partial charge in [0.1, 0.15) is 0 Å². The van der Waals surface area contributed by atoms with E-state index in [1.54, 1.807) is 0 Å². The average molecular weight is 305 g/mol. The summed E-state index contributed by atoms with van der Waals surface area (Å²) in [7, 11) is 0. The normalized spacial score (nSPS) is 12.6. The van der Waals surface area contributed by atoms with E-state index in [1.165, 1.54) is 0 Å². The molecule has 0 fully saturated rings. The SMILES string of the molecule is CCCC(C)C(=O)c1ccc(Br)c2ccccc12. The van der Waals surface area contributed by atoms with E-state index in [2.05, 4.69) is 22.9 Å². The second-order valence-corrected chi connectivity index (χ2v) is 5.55. The number of rotatable bonds is 4. The fourth-order valence-corrected chi connectivity index (χ4v) is 2.78. The third-order valence-electron chi connectivity index (χ3n) is 3.31. The van der Waals surface area contributed by atoms with Gasteiger partial charge in [0.25, 0.3) is 0 Å². The predicted molar refractivity (Wildman–Crippen MR) is 80.1 cm³/mol.